The molecule has 2 atom stereocenters. The normalized spacial score (nSPS) is 26.2. The van der Waals surface area contributed by atoms with Gasteiger partial charge in [0.2, 0.25) is 0 Å². The number of carbonyl (C=O) groups is 1. The van der Waals surface area contributed by atoms with Crippen molar-refractivity contribution in [2.24, 2.45) is 23.2 Å². The van der Waals surface area contributed by atoms with Crippen LogP contribution in [0, 0.1) is 23.2 Å². The number of hydrogen-bond donors (Lipinski definition) is 1. The van der Waals surface area contributed by atoms with Crippen molar-refractivity contribution in [3.05, 3.63) is 0 Å². The van der Waals surface area contributed by atoms with E-state index in [2.05, 4.69) is 39.9 Å². The maximum Gasteiger partial charge on any atom is 0.323 e. The van der Waals surface area contributed by atoms with Crippen molar-refractivity contribution in [3.8, 4) is 0 Å². The molecule has 0 aliphatic heterocycles. The first-order chi connectivity index (χ1) is 9.79. The van der Waals surface area contributed by atoms with E-state index in [0.717, 1.165) is 18.9 Å². The summed E-state index contributed by atoms with van der Waals surface area (Å²) < 4.78 is 4.94. The van der Waals surface area contributed by atoms with Crippen molar-refractivity contribution in [1.29, 1.82) is 0 Å². The summed E-state index contributed by atoms with van der Waals surface area (Å²) in [5.74, 6) is 1.76. The van der Waals surface area contributed by atoms with Crippen LogP contribution in [-0.2, 0) is 9.53 Å². The standard InChI is InChI=1S/C18H35NO2/c1-7-13(2)16(17(20)21-6)19-12-14-8-10-15(11-9-14)18(3,4)5/h13-16,19H,7-12H2,1-6H3. The molecular weight excluding hydrogens is 262 g/mol. The number of hydrogen-bond acceptors (Lipinski definition) is 3. The van der Waals surface area contributed by atoms with Crippen molar-refractivity contribution in [2.75, 3.05) is 13.7 Å². The number of methoxy groups -OCH3 is 1. The summed E-state index contributed by atoms with van der Waals surface area (Å²) in [4.78, 5) is 11.9. The Kier molecular flexibility index (Phi) is 7.19. The van der Waals surface area contributed by atoms with Gasteiger partial charge in [0.15, 0.2) is 0 Å². The third-order valence-electron chi connectivity index (χ3n) is 5.37. The molecule has 0 radical (unpaired) electrons. The van der Waals surface area contributed by atoms with Crippen LogP contribution in [0.3, 0.4) is 0 Å². The maximum atomic E-state index is 11.9. The van der Waals surface area contributed by atoms with E-state index in [1.54, 1.807) is 0 Å². The quantitative estimate of drug-likeness (QED) is 0.753. The monoisotopic (exact) mass is 297 g/mol. The van der Waals surface area contributed by atoms with E-state index in [9.17, 15) is 4.79 Å². The molecule has 0 bridgehead atoms. The van der Waals surface area contributed by atoms with Gasteiger partial charge in [-0.2, -0.15) is 0 Å². The van der Waals surface area contributed by atoms with Gasteiger partial charge in [-0.1, -0.05) is 41.0 Å². The molecule has 1 saturated carbocycles. The summed E-state index contributed by atoms with van der Waals surface area (Å²) in [6.45, 7) is 12.2. The van der Waals surface area contributed by atoms with Gasteiger partial charge in [0, 0.05) is 0 Å². The molecule has 2 unspecified atom stereocenters. The number of carbonyl (C=O) groups excluding carboxylic acids is 1. The fourth-order valence-electron chi connectivity index (χ4n) is 3.41. The second-order valence-electron chi connectivity index (χ2n) is 7.88. The van der Waals surface area contributed by atoms with Crippen molar-refractivity contribution < 1.29 is 9.53 Å². The highest BCUT2D eigenvalue weighted by atomic mass is 16.5. The smallest absolute Gasteiger partial charge is 0.323 e. The highest BCUT2D eigenvalue weighted by Crippen LogP contribution is 2.39. The highest BCUT2D eigenvalue weighted by Gasteiger charge is 2.31. The van der Waals surface area contributed by atoms with E-state index in [0.29, 0.717) is 17.3 Å². The molecule has 0 spiro atoms. The second kappa shape index (κ2) is 8.17. The Bertz CT molecular complexity index is 314. The zero-order valence-electron chi connectivity index (χ0n) is 14.9. The van der Waals surface area contributed by atoms with Gasteiger partial charge in [-0.05, 0) is 55.4 Å². The Morgan fingerprint density at radius 3 is 2.24 bits per heavy atom. The zero-order valence-corrected chi connectivity index (χ0v) is 14.9. The Labute approximate surface area is 131 Å². The summed E-state index contributed by atoms with van der Waals surface area (Å²) in [7, 11) is 1.48. The molecule has 21 heavy (non-hydrogen) atoms. The predicted molar refractivity (Wildman–Crippen MR) is 88.2 cm³/mol. The van der Waals surface area contributed by atoms with Gasteiger partial charge < -0.3 is 10.1 Å². The topological polar surface area (TPSA) is 38.3 Å². The van der Waals surface area contributed by atoms with Crippen LogP contribution in [0.25, 0.3) is 0 Å². The van der Waals surface area contributed by atoms with Crippen LogP contribution < -0.4 is 5.32 Å². The van der Waals surface area contributed by atoms with Gasteiger partial charge in [0.05, 0.1) is 7.11 Å². The third-order valence-corrected chi connectivity index (χ3v) is 5.37. The fourth-order valence-corrected chi connectivity index (χ4v) is 3.41. The van der Waals surface area contributed by atoms with Crippen LogP contribution in [0.2, 0.25) is 0 Å². The van der Waals surface area contributed by atoms with Gasteiger partial charge in [-0.15, -0.1) is 0 Å². The van der Waals surface area contributed by atoms with Crippen molar-refractivity contribution in [1.82, 2.24) is 5.32 Å². The van der Waals surface area contributed by atoms with Gasteiger partial charge in [-0.25, -0.2) is 0 Å². The van der Waals surface area contributed by atoms with E-state index in [1.165, 1.54) is 32.8 Å². The number of ether oxygens (including phenoxy) is 1. The molecule has 1 aliphatic carbocycles. The largest absolute Gasteiger partial charge is 0.468 e. The van der Waals surface area contributed by atoms with Crippen molar-refractivity contribution in [2.45, 2.75) is 72.8 Å². The number of rotatable bonds is 6. The molecule has 0 aromatic heterocycles. The average molecular weight is 297 g/mol. The minimum atomic E-state index is -0.152. The lowest BCUT2D eigenvalue weighted by Crippen LogP contribution is -2.45. The Morgan fingerprint density at radius 1 is 1.24 bits per heavy atom. The molecule has 0 amide bonds. The number of esters is 1. The molecule has 3 heteroatoms. The van der Waals surface area contributed by atoms with Crippen molar-refractivity contribution >= 4 is 5.97 Å². The SMILES string of the molecule is CCC(C)C(NCC1CCC(C(C)(C)C)CC1)C(=O)OC. The third kappa shape index (κ3) is 5.61. The maximum absolute atomic E-state index is 11.9. The van der Waals surface area contributed by atoms with Crippen LogP contribution in [0.5, 0.6) is 0 Å². The van der Waals surface area contributed by atoms with Gasteiger partial charge in [-0.3, -0.25) is 4.79 Å². The summed E-state index contributed by atoms with van der Waals surface area (Å²) >= 11 is 0. The van der Waals surface area contributed by atoms with Crippen molar-refractivity contribution in [3.63, 3.8) is 0 Å². The lowest BCUT2D eigenvalue weighted by Gasteiger charge is -2.37. The first kappa shape index (κ1) is 18.5. The lowest BCUT2D eigenvalue weighted by atomic mass is 9.70. The van der Waals surface area contributed by atoms with Crippen LogP contribution in [0.15, 0.2) is 0 Å². The molecule has 0 saturated heterocycles. The van der Waals surface area contributed by atoms with Gasteiger partial charge >= 0.3 is 5.97 Å². The predicted octanol–water partition coefficient (Wildman–Crippen LogP) is 4.02. The van der Waals surface area contributed by atoms with Crippen LogP contribution in [0.4, 0.5) is 0 Å². The molecule has 1 fully saturated rings. The fraction of sp³-hybridized carbons (Fsp3) is 0.944. The van der Waals surface area contributed by atoms with E-state index in [4.69, 9.17) is 4.74 Å². The second-order valence-corrected chi connectivity index (χ2v) is 7.88. The summed E-state index contributed by atoms with van der Waals surface area (Å²) in [6.07, 6.45) is 6.19. The minimum absolute atomic E-state index is 0.118. The van der Waals surface area contributed by atoms with Gasteiger partial charge in [0.25, 0.3) is 0 Å². The number of nitrogens with one attached hydrogen (secondary N) is 1. The first-order valence-electron chi connectivity index (χ1n) is 8.60. The first-order valence-corrected chi connectivity index (χ1v) is 8.60. The highest BCUT2D eigenvalue weighted by molar-refractivity contribution is 5.75. The van der Waals surface area contributed by atoms with Crippen LogP contribution >= 0.6 is 0 Å². The molecule has 124 valence electrons. The molecule has 0 aromatic rings. The van der Waals surface area contributed by atoms with E-state index < -0.39 is 0 Å². The molecule has 0 aromatic carbocycles. The minimum Gasteiger partial charge on any atom is -0.468 e. The lowest BCUT2D eigenvalue weighted by molar-refractivity contribution is -0.144. The van der Waals surface area contributed by atoms with E-state index in [1.807, 2.05) is 0 Å². The van der Waals surface area contributed by atoms with Gasteiger partial charge in [0.1, 0.15) is 6.04 Å². The van der Waals surface area contributed by atoms with Crippen LogP contribution in [-0.4, -0.2) is 25.7 Å². The van der Waals surface area contributed by atoms with E-state index >= 15 is 0 Å². The van der Waals surface area contributed by atoms with Crippen LogP contribution in [0.1, 0.15) is 66.7 Å². The molecular formula is C18H35NO2. The Morgan fingerprint density at radius 2 is 1.81 bits per heavy atom. The summed E-state index contributed by atoms with van der Waals surface area (Å²) in [5.41, 5.74) is 0.434. The van der Waals surface area contributed by atoms with E-state index in [-0.39, 0.29) is 12.0 Å². The molecule has 3 nitrogen and oxygen atoms in total. The summed E-state index contributed by atoms with van der Waals surface area (Å²) in [6, 6.07) is -0.152. The Hall–Kier alpha value is -0.570. The molecule has 1 rings (SSSR count). The molecule has 1 aliphatic rings. The average Bonchev–Trinajstić information content (AvgIpc) is 2.46. The molecule has 0 heterocycles. The zero-order chi connectivity index (χ0) is 16.0. The Balaban J connectivity index is 2.42. The summed E-state index contributed by atoms with van der Waals surface area (Å²) in [5, 5.41) is 3.47. The molecule has 1 N–H and O–H groups in total.